The van der Waals surface area contributed by atoms with Gasteiger partial charge in [-0.2, -0.15) is 0 Å². The molecule has 0 amide bonds. The number of hydrogen-bond donors (Lipinski definition) is 1. The van der Waals surface area contributed by atoms with E-state index in [9.17, 15) is 4.79 Å². The molecule has 0 radical (unpaired) electrons. The fraction of sp³-hybridized carbons (Fsp3) is 0.167. The van der Waals surface area contributed by atoms with Gasteiger partial charge in [-0.3, -0.25) is 0 Å². The highest BCUT2D eigenvalue weighted by Crippen LogP contribution is 2.24. The van der Waals surface area contributed by atoms with Gasteiger partial charge in [-0.15, -0.1) is 0 Å². The number of para-hydroxylation sites is 1. The molecule has 0 aliphatic carbocycles. The summed E-state index contributed by atoms with van der Waals surface area (Å²) in [5.41, 5.74) is 7.13. The van der Waals surface area contributed by atoms with Gasteiger partial charge in [0.25, 0.3) is 0 Å². The van der Waals surface area contributed by atoms with Crippen LogP contribution in [0.1, 0.15) is 17.4 Å². The molecule has 2 aromatic rings. The normalized spacial score (nSPS) is 10.2. The van der Waals surface area contributed by atoms with Gasteiger partial charge in [-0.25, -0.2) is 9.78 Å². The largest absolute Gasteiger partial charge is 0.461 e. The number of nitrogens with two attached hydrogens (primary N) is 1. The minimum atomic E-state index is -0.503. The van der Waals surface area contributed by atoms with E-state index < -0.39 is 5.97 Å². The molecule has 0 fully saturated rings. The van der Waals surface area contributed by atoms with Gasteiger partial charge in [-0.05, 0) is 19.1 Å². The molecule has 0 aliphatic heterocycles. The molecule has 0 saturated heterocycles. The first-order valence-electron chi connectivity index (χ1n) is 5.20. The van der Waals surface area contributed by atoms with Crippen LogP contribution in [0.3, 0.4) is 0 Å². The Kier molecular flexibility index (Phi) is 3.09. The van der Waals surface area contributed by atoms with Crippen LogP contribution in [-0.4, -0.2) is 17.6 Å². The van der Waals surface area contributed by atoms with Gasteiger partial charge in [0, 0.05) is 5.69 Å². The summed E-state index contributed by atoms with van der Waals surface area (Å²) in [6.07, 6.45) is 1.26. The highest BCUT2D eigenvalue weighted by atomic mass is 16.5. The predicted molar refractivity (Wildman–Crippen MR) is 62.3 cm³/mol. The van der Waals surface area contributed by atoms with E-state index in [-0.39, 0.29) is 5.69 Å². The Hall–Kier alpha value is -2.30. The second-order valence-electron chi connectivity index (χ2n) is 3.35. The van der Waals surface area contributed by atoms with Crippen molar-refractivity contribution in [1.82, 2.24) is 4.98 Å². The Balaban J connectivity index is 2.30. The first kappa shape index (κ1) is 11.2. The molecule has 5 heteroatoms. The van der Waals surface area contributed by atoms with Crippen LogP contribution in [-0.2, 0) is 4.74 Å². The van der Waals surface area contributed by atoms with Crippen LogP contribution in [0.4, 0.5) is 5.69 Å². The number of anilines is 1. The summed E-state index contributed by atoms with van der Waals surface area (Å²) < 4.78 is 10.0. The van der Waals surface area contributed by atoms with Crippen molar-refractivity contribution in [2.45, 2.75) is 6.92 Å². The third-order valence-corrected chi connectivity index (χ3v) is 2.18. The lowest BCUT2D eigenvalue weighted by Gasteiger charge is -1.99. The number of rotatable bonds is 3. The quantitative estimate of drug-likeness (QED) is 0.647. The van der Waals surface area contributed by atoms with Crippen molar-refractivity contribution in [3.63, 3.8) is 0 Å². The van der Waals surface area contributed by atoms with Crippen LogP contribution in [0.25, 0.3) is 11.5 Å². The molecular formula is C12H12N2O3. The predicted octanol–water partition coefficient (Wildman–Crippen LogP) is 2.10. The number of benzene rings is 1. The first-order chi connectivity index (χ1) is 8.22. The Morgan fingerprint density at radius 2 is 2.24 bits per heavy atom. The maximum atomic E-state index is 11.4. The molecule has 0 saturated carbocycles. The smallest absolute Gasteiger partial charge is 0.360 e. The maximum absolute atomic E-state index is 11.4. The molecule has 1 heterocycles. The van der Waals surface area contributed by atoms with Gasteiger partial charge in [0.05, 0.1) is 12.2 Å². The van der Waals surface area contributed by atoms with E-state index in [2.05, 4.69) is 4.98 Å². The Morgan fingerprint density at radius 1 is 1.47 bits per heavy atom. The molecule has 2 N–H and O–H groups in total. The summed E-state index contributed by atoms with van der Waals surface area (Å²) >= 11 is 0. The first-order valence-corrected chi connectivity index (χ1v) is 5.20. The topological polar surface area (TPSA) is 78.3 Å². The molecule has 1 aromatic heterocycles. The summed E-state index contributed by atoms with van der Waals surface area (Å²) in [5, 5.41) is 0. The Bertz CT molecular complexity index is 534. The van der Waals surface area contributed by atoms with Crippen LogP contribution >= 0.6 is 0 Å². The zero-order valence-corrected chi connectivity index (χ0v) is 9.34. The van der Waals surface area contributed by atoms with Gasteiger partial charge in [0.2, 0.25) is 5.89 Å². The number of carbonyl (C=O) groups is 1. The number of carbonyl (C=O) groups excluding carboxylic acids is 1. The lowest BCUT2D eigenvalue weighted by molar-refractivity contribution is 0.0519. The van der Waals surface area contributed by atoms with Crippen LogP contribution in [0.2, 0.25) is 0 Å². The second kappa shape index (κ2) is 4.69. The zero-order chi connectivity index (χ0) is 12.3. The van der Waals surface area contributed by atoms with Crippen LogP contribution < -0.4 is 5.73 Å². The highest BCUT2D eigenvalue weighted by molar-refractivity contribution is 5.87. The minimum Gasteiger partial charge on any atom is -0.461 e. The molecule has 88 valence electrons. The number of hydrogen-bond acceptors (Lipinski definition) is 5. The number of esters is 1. The summed E-state index contributed by atoms with van der Waals surface area (Å²) in [5.74, 6) is -0.192. The second-order valence-corrected chi connectivity index (χ2v) is 3.35. The lowest BCUT2D eigenvalue weighted by atomic mass is 10.2. The molecule has 17 heavy (non-hydrogen) atoms. The number of aromatic nitrogens is 1. The third-order valence-electron chi connectivity index (χ3n) is 2.18. The van der Waals surface area contributed by atoms with E-state index in [1.54, 1.807) is 19.1 Å². The zero-order valence-electron chi connectivity index (χ0n) is 9.34. The average Bonchev–Trinajstić information content (AvgIpc) is 2.79. The number of nitrogen functional groups attached to an aromatic ring is 1. The lowest BCUT2D eigenvalue weighted by Crippen LogP contribution is -2.04. The van der Waals surface area contributed by atoms with E-state index in [4.69, 9.17) is 14.9 Å². The molecule has 0 unspecified atom stereocenters. The summed E-state index contributed by atoms with van der Waals surface area (Å²) in [7, 11) is 0. The standard InChI is InChI=1S/C12H12N2O3/c1-2-16-12(15)10-7-17-11(14-10)8-5-3-4-6-9(8)13/h3-7H,2,13H2,1H3. The van der Waals surface area contributed by atoms with Gasteiger partial charge in [0.1, 0.15) is 6.26 Å². The molecule has 0 atom stereocenters. The van der Waals surface area contributed by atoms with Crippen molar-refractivity contribution in [2.75, 3.05) is 12.3 Å². The third kappa shape index (κ3) is 2.28. The maximum Gasteiger partial charge on any atom is 0.360 e. The van der Waals surface area contributed by atoms with Gasteiger partial charge in [-0.1, -0.05) is 12.1 Å². The molecule has 5 nitrogen and oxygen atoms in total. The monoisotopic (exact) mass is 232 g/mol. The molecule has 0 spiro atoms. The van der Waals surface area contributed by atoms with Crippen molar-refractivity contribution < 1.29 is 13.9 Å². The fourth-order valence-electron chi connectivity index (χ4n) is 1.39. The van der Waals surface area contributed by atoms with Gasteiger partial charge >= 0.3 is 5.97 Å². The molecule has 0 bridgehead atoms. The molecule has 0 aliphatic rings. The van der Waals surface area contributed by atoms with E-state index in [0.717, 1.165) is 0 Å². The summed E-state index contributed by atoms with van der Waals surface area (Å²) in [6.45, 7) is 2.03. The van der Waals surface area contributed by atoms with E-state index >= 15 is 0 Å². The van der Waals surface area contributed by atoms with Crippen LogP contribution in [0, 0.1) is 0 Å². The number of nitrogens with zero attached hydrogens (tertiary/aromatic N) is 1. The SMILES string of the molecule is CCOC(=O)c1coc(-c2ccccc2N)n1. The number of oxazole rings is 1. The molecule has 2 rings (SSSR count). The summed E-state index contributed by atoms with van der Waals surface area (Å²) in [4.78, 5) is 15.4. The van der Waals surface area contributed by atoms with Crippen molar-refractivity contribution in [3.8, 4) is 11.5 Å². The number of ether oxygens (including phenoxy) is 1. The Morgan fingerprint density at radius 3 is 2.94 bits per heavy atom. The highest BCUT2D eigenvalue weighted by Gasteiger charge is 2.15. The van der Waals surface area contributed by atoms with Gasteiger partial charge in [0.15, 0.2) is 5.69 Å². The van der Waals surface area contributed by atoms with Crippen molar-refractivity contribution >= 4 is 11.7 Å². The van der Waals surface area contributed by atoms with Crippen molar-refractivity contribution in [2.24, 2.45) is 0 Å². The Labute approximate surface area is 98.2 Å². The van der Waals surface area contributed by atoms with E-state index in [1.807, 2.05) is 12.1 Å². The van der Waals surface area contributed by atoms with Gasteiger partial charge < -0.3 is 14.9 Å². The van der Waals surface area contributed by atoms with E-state index in [1.165, 1.54) is 6.26 Å². The van der Waals surface area contributed by atoms with Crippen LogP contribution in [0.15, 0.2) is 34.9 Å². The van der Waals surface area contributed by atoms with Crippen molar-refractivity contribution in [1.29, 1.82) is 0 Å². The summed E-state index contributed by atoms with van der Waals surface area (Å²) in [6, 6.07) is 7.15. The molecular weight excluding hydrogens is 220 g/mol. The average molecular weight is 232 g/mol. The molecule has 1 aromatic carbocycles. The fourth-order valence-corrected chi connectivity index (χ4v) is 1.39. The van der Waals surface area contributed by atoms with Crippen molar-refractivity contribution in [3.05, 3.63) is 36.2 Å². The van der Waals surface area contributed by atoms with E-state index in [0.29, 0.717) is 23.7 Å². The van der Waals surface area contributed by atoms with Crippen LogP contribution in [0.5, 0.6) is 0 Å². The minimum absolute atomic E-state index is 0.144.